The Bertz CT molecular complexity index is 146. The number of nitrogens with one attached hydrogen (secondary N) is 1. The van der Waals surface area contributed by atoms with Crippen molar-refractivity contribution in [1.29, 1.82) is 0 Å². The maximum atomic E-state index is 10.6. The first kappa shape index (κ1) is 9.23. The van der Waals surface area contributed by atoms with E-state index in [1.165, 1.54) is 14.0 Å². The molecule has 1 atom stereocenters. The number of amides is 2. The van der Waals surface area contributed by atoms with Gasteiger partial charge in [-0.25, -0.2) is 4.79 Å². The SMILES string of the molecule is COC(=O)NC(=O)[C@@H](C)Cl. The number of hydrogen-bond acceptors (Lipinski definition) is 3. The molecular weight excluding hydrogens is 158 g/mol. The van der Waals surface area contributed by atoms with E-state index in [-0.39, 0.29) is 0 Å². The minimum atomic E-state index is -0.794. The number of carbonyl (C=O) groups excluding carboxylic acids is 2. The lowest BCUT2D eigenvalue weighted by Gasteiger charge is -2.01. The third-order valence-electron chi connectivity index (χ3n) is 0.772. The van der Waals surface area contributed by atoms with Crippen LogP contribution in [0.25, 0.3) is 0 Å². The number of alkyl halides is 1. The molecule has 0 aromatic heterocycles. The number of halogens is 1. The largest absolute Gasteiger partial charge is 0.453 e. The maximum absolute atomic E-state index is 10.6. The molecule has 0 aliphatic heterocycles. The average molecular weight is 166 g/mol. The first-order chi connectivity index (χ1) is 4.57. The summed E-state index contributed by atoms with van der Waals surface area (Å²) in [6.45, 7) is 1.46. The molecule has 0 radical (unpaired) electrons. The molecule has 0 bridgehead atoms. The van der Waals surface area contributed by atoms with Crippen LogP contribution < -0.4 is 5.32 Å². The van der Waals surface area contributed by atoms with Gasteiger partial charge >= 0.3 is 6.09 Å². The van der Waals surface area contributed by atoms with Gasteiger partial charge in [0.05, 0.1) is 7.11 Å². The molecule has 4 nitrogen and oxygen atoms in total. The Morgan fingerprint density at radius 3 is 2.40 bits per heavy atom. The van der Waals surface area contributed by atoms with Crippen LogP contribution >= 0.6 is 11.6 Å². The van der Waals surface area contributed by atoms with Crippen molar-refractivity contribution in [2.75, 3.05) is 7.11 Å². The van der Waals surface area contributed by atoms with Crippen molar-refractivity contribution in [3.63, 3.8) is 0 Å². The highest BCUT2D eigenvalue weighted by Crippen LogP contribution is 1.91. The number of rotatable bonds is 1. The highest BCUT2D eigenvalue weighted by molar-refractivity contribution is 6.31. The van der Waals surface area contributed by atoms with Crippen LogP contribution in [0.1, 0.15) is 6.92 Å². The fraction of sp³-hybridized carbons (Fsp3) is 0.600. The summed E-state index contributed by atoms with van der Waals surface area (Å²) in [7, 11) is 1.17. The Morgan fingerprint density at radius 1 is 1.60 bits per heavy atom. The summed E-state index contributed by atoms with van der Waals surface area (Å²) in [5.74, 6) is -0.562. The van der Waals surface area contributed by atoms with Crippen molar-refractivity contribution >= 4 is 23.6 Å². The smallest absolute Gasteiger partial charge is 0.413 e. The van der Waals surface area contributed by atoms with Crippen LogP contribution in [0.15, 0.2) is 0 Å². The number of methoxy groups -OCH3 is 1. The third kappa shape index (κ3) is 3.29. The fourth-order valence-corrected chi connectivity index (χ4v) is 0.306. The monoisotopic (exact) mass is 165 g/mol. The van der Waals surface area contributed by atoms with Crippen molar-refractivity contribution in [2.45, 2.75) is 12.3 Å². The van der Waals surface area contributed by atoms with Crippen molar-refractivity contribution in [3.8, 4) is 0 Å². The summed E-state index contributed by atoms with van der Waals surface area (Å²) in [6.07, 6.45) is -0.794. The topological polar surface area (TPSA) is 55.4 Å². The van der Waals surface area contributed by atoms with Gasteiger partial charge in [0.15, 0.2) is 0 Å². The predicted molar refractivity (Wildman–Crippen MR) is 35.9 cm³/mol. The summed E-state index contributed by atoms with van der Waals surface area (Å²) in [6, 6.07) is 0. The van der Waals surface area contributed by atoms with Crippen LogP contribution in [-0.2, 0) is 9.53 Å². The Hall–Kier alpha value is -0.770. The van der Waals surface area contributed by atoms with Crippen molar-refractivity contribution in [3.05, 3.63) is 0 Å². The third-order valence-corrected chi connectivity index (χ3v) is 0.970. The second-order valence-corrected chi connectivity index (χ2v) is 2.25. The van der Waals surface area contributed by atoms with Gasteiger partial charge in [-0.3, -0.25) is 10.1 Å². The van der Waals surface area contributed by atoms with Crippen molar-refractivity contribution in [1.82, 2.24) is 5.32 Å². The fourth-order valence-electron chi connectivity index (χ4n) is 0.251. The van der Waals surface area contributed by atoms with Gasteiger partial charge in [-0.05, 0) is 6.92 Å². The predicted octanol–water partition coefficient (Wildman–Crippen LogP) is 0.496. The van der Waals surface area contributed by atoms with Gasteiger partial charge in [-0.1, -0.05) is 0 Å². The van der Waals surface area contributed by atoms with Crippen molar-refractivity contribution < 1.29 is 14.3 Å². The molecule has 0 spiro atoms. The molecule has 0 saturated carbocycles. The van der Waals surface area contributed by atoms with E-state index in [1.807, 2.05) is 5.32 Å². The van der Waals surface area contributed by atoms with E-state index < -0.39 is 17.4 Å². The molecule has 2 amide bonds. The van der Waals surface area contributed by atoms with Crippen molar-refractivity contribution in [2.24, 2.45) is 0 Å². The second kappa shape index (κ2) is 4.11. The summed E-state index contributed by atoms with van der Waals surface area (Å²) < 4.78 is 4.14. The quantitative estimate of drug-likeness (QED) is 0.576. The van der Waals surface area contributed by atoms with E-state index in [1.54, 1.807) is 0 Å². The summed E-state index contributed by atoms with van der Waals surface area (Å²) in [5, 5.41) is 1.17. The number of carbonyl (C=O) groups is 2. The Morgan fingerprint density at radius 2 is 2.10 bits per heavy atom. The average Bonchev–Trinajstić information content (AvgIpc) is 1.87. The zero-order valence-corrected chi connectivity index (χ0v) is 6.44. The van der Waals surface area contributed by atoms with E-state index in [9.17, 15) is 9.59 Å². The lowest BCUT2D eigenvalue weighted by Crippen LogP contribution is -2.34. The molecule has 0 aromatic carbocycles. The number of ether oxygens (including phenoxy) is 1. The van der Waals surface area contributed by atoms with E-state index in [0.717, 1.165) is 0 Å². The minimum Gasteiger partial charge on any atom is -0.453 e. The number of imide groups is 1. The van der Waals surface area contributed by atoms with Crippen LogP contribution in [0, 0.1) is 0 Å². The molecule has 10 heavy (non-hydrogen) atoms. The molecule has 1 N–H and O–H groups in total. The minimum absolute atomic E-state index is 0.562. The molecule has 0 saturated heterocycles. The molecule has 0 unspecified atom stereocenters. The molecular formula is C5H8ClNO3. The first-order valence-corrected chi connectivity index (χ1v) is 3.04. The van der Waals surface area contributed by atoms with Crippen LogP contribution in [0.5, 0.6) is 0 Å². The Kier molecular flexibility index (Phi) is 3.79. The van der Waals surface area contributed by atoms with E-state index in [4.69, 9.17) is 11.6 Å². The summed E-state index contributed by atoms with van der Waals surface area (Å²) in [4.78, 5) is 20.9. The van der Waals surface area contributed by atoms with Gasteiger partial charge in [0, 0.05) is 0 Å². The first-order valence-electron chi connectivity index (χ1n) is 2.60. The lowest BCUT2D eigenvalue weighted by molar-refractivity contribution is -0.119. The normalized spacial score (nSPS) is 11.9. The highest BCUT2D eigenvalue weighted by Gasteiger charge is 2.11. The zero-order chi connectivity index (χ0) is 8.15. The van der Waals surface area contributed by atoms with Crippen LogP contribution in [0.4, 0.5) is 4.79 Å². The zero-order valence-electron chi connectivity index (χ0n) is 5.68. The van der Waals surface area contributed by atoms with Gasteiger partial charge in [0.25, 0.3) is 0 Å². The van der Waals surface area contributed by atoms with Gasteiger partial charge in [0.2, 0.25) is 5.91 Å². The maximum Gasteiger partial charge on any atom is 0.413 e. The van der Waals surface area contributed by atoms with E-state index in [0.29, 0.717) is 0 Å². The van der Waals surface area contributed by atoms with Crippen LogP contribution in [0.2, 0.25) is 0 Å². The Balaban J connectivity index is 3.69. The lowest BCUT2D eigenvalue weighted by atomic mass is 10.4. The van der Waals surface area contributed by atoms with Gasteiger partial charge in [-0.2, -0.15) is 0 Å². The van der Waals surface area contributed by atoms with Crippen LogP contribution in [-0.4, -0.2) is 24.5 Å². The standard InChI is InChI=1S/C5H8ClNO3/c1-3(6)4(8)7-5(9)10-2/h3H,1-2H3,(H,7,8,9)/t3-/m1/s1. The molecule has 0 fully saturated rings. The van der Waals surface area contributed by atoms with Gasteiger partial charge in [0.1, 0.15) is 5.38 Å². The number of hydrogen-bond donors (Lipinski definition) is 1. The van der Waals surface area contributed by atoms with Crippen LogP contribution in [0.3, 0.4) is 0 Å². The van der Waals surface area contributed by atoms with E-state index in [2.05, 4.69) is 4.74 Å². The second-order valence-electron chi connectivity index (χ2n) is 1.60. The number of alkyl carbamates (subject to hydrolysis) is 1. The molecule has 0 aliphatic rings. The summed E-state index contributed by atoms with van der Waals surface area (Å²) in [5.41, 5.74) is 0. The molecule has 0 aliphatic carbocycles. The van der Waals surface area contributed by atoms with Gasteiger partial charge in [-0.15, -0.1) is 11.6 Å². The molecule has 58 valence electrons. The molecule has 0 aromatic rings. The van der Waals surface area contributed by atoms with Gasteiger partial charge < -0.3 is 4.74 Å². The summed E-state index contributed by atoms with van der Waals surface area (Å²) >= 11 is 5.31. The Labute approximate surface area is 63.5 Å². The molecule has 0 heterocycles. The highest BCUT2D eigenvalue weighted by atomic mass is 35.5. The molecule has 5 heteroatoms. The van der Waals surface area contributed by atoms with E-state index >= 15 is 0 Å². The molecule has 0 rings (SSSR count).